The first-order valence-electron chi connectivity index (χ1n) is 12.8. The van der Waals surface area contributed by atoms with E-state index in [1.165, 1.54) is 12.8 Å². The first kappa shape index (κ1) is 22.2. The van der Waals surface area contributed by atoms with Crippen LogP contribution in [0.1, 0.15) is 69.2 Å². The van der Waals surface area contributed by atoms with E-state index in [9.17, 15) is 5.11 Å². The van der Waals surface area contributed by atoms with Gasteiger partial charge in [0.1, 0.15) is 16.3 Å². The highest BCUT2D eigenvalue weighted by Crippen LogP contribution is 2.45. The molecule has 0 spiro atoms. The summed E-state index contributed by atoms with van der Waals surface area (Å²) < 4.78 is 1.13. The third-order valence-electron chi connectivity index (χ3n) is 8.04. The molecule has 3 N–H and O–H groups in total. The summed E-state index contributed by atoms with van der Waals surface area (Å²) >= 11 is 1.67. The van der Waals surface area contributed by atoms with Crippen molar-refractivity contribution in [1.82, 2.24) is 19.9 Å². The molecule has 3 aliphatic carbocycles. The Hall–Kier alpha value is -2.32. The fourth-order valence-electron chi connectivity index (χ4n) is 5.85. The van der Waals surface area contributed by atoms with Gasteiger partial charge in [-0.3, -0.25) is 4.98 Å². The van der Waals surface area contributed by atoms with Crippen molar-refractivity contribution in [1.29, 1.82) is 0 Å². The molecule has 3 heterocycles. The summed E-state index contributed by atoms with van der Waals surface area (Å²) in [4.78, 5) is 19.2. The van der Waals surface area contributed by atoms with Crippen molar-refractivity contribution in [2.24, 2.45) is 11.8 Å². The number of anilines is 2. The molecule has 0 aliphatic heterocycles. The minimum Gasteiger partial charge on any atom is -0.390 e. The topological polar surface area (TPSA) is 95.9 Å². The number of pyridine rings is 1. The van der Waals surface area contributed by atoms with Crippen LogP contribution in [-0.4, -0.2) is 43.2 Å². The van der Waals surface area contributed by atoms with Gasteiger partial charge in [-0.1, -0.05) is 12.8 Å². The Morgan fingerprint density at radius 3 is 2.65 bits per heavy atom. The van der Waals surface area contributed by atoms with E-state index in [4.69, 9.17) is 15.0 Å². The number of thiazole rings is 1. The molecule has 0 saturated heterocycles. The fourth-order valence-corrected chi connectivity index (χ4v) is 6.96. The second-order valence-corrected chi connectivity index (χ2v) is 11.6. The standard InChI is InChI=1S/C26H34N6OS/c1-15-21(24-31-22-16(2)27-12-9-20(22)34-24)23(32-25(29-15)28-14-17-5-6-17)30-19-8-7-18(13-19)26(33)10-3-4-11-26/h9,12,17-19,33H,3-8,10-11,13-14H2,1-2H3,(H2,28,29,30,32). The van der Waals surface area contributed by atoms with Crippen LogP contribution >= 0.6 is 11.3 Å². The lowest BCUT2D eigenvalue weighted by Gasteiger charge is -2.29. The molecule has 180 valence electrons. The maximum atomic E-state index is 11.2. The number of nitrogens with zero attached hydrogens (tertiary/aromatic N) is 4. The van der Waals surface area contributed by atoms with Crippen LogP contribution in [0, 0.1) is 25.7 Å². The number of rotatable bonds is 7. The third kappa shape index (κ3) is 4.26. The molecule has 0 bridgehead atoms. The van der Waals surface area contributed by atoms with E-state index in [2.05, 4.69) is 22.5 Å². The molecule has 2 unspecified atom stereocenters. The minimum atomic E-state index is -0.463. The summed E-state index contributed by atoms with van der Waals surface area (Å²) in [5.74, 6) is 2.68. The van der Waals surface area contributed by atoms with E-state index in [1.54, 1.807) is 11.3 Å². The van der Waals surface area contributed by atoms with Crippen LogP contribution in [0.4, 0.5) is 11.8 Å². The van der Waals surface area contributed by atoms with Crippen molar-refractivity contribution in [3.63, 3.8) is 0 Å². The molecular formula is C26H34N6OS. The molecule has 34 heavy (non-hydrogen) atoms. The number of aromatic nitrogens is 4. The molecule has 3 fully saturated rings. The van der Waals surface area contributed by atoms with E-state index >= 15 is 0 Å². The Morgan fingerprint density at radius 2 is 1.88 bits per heavy atom. The molecule has 8 heteroatoms. The predicted octanol–water partition coefficient (Wildman–Crippen LogP) is 5.47. The molecular weight excluding hydrogens is 444 g/mol. The molecule has 6 rings (SSSR count). The first-order chi connectivity index (χ1) is 16.5. The average molecular weight is 479 g/mol. The Bertz CT molecular complexity index is 1200. The second-order valence-electron chi connectivity index (χ2n) is 10.6. The van der Waals surface area contributed by atoms with Gasteiger partial charge in [-0.05, 0) is 76.7 Å². The maximum absolute atomic E-state index is 11.2. The van der Waals surface area contributed by atoms with Gasteiger partial charge in [-0.2, -0.15) is 4.98 Å². The fraction of sp³-hybridized carbons (Fsp3) is 0.615. The molecule has 3 aliphatic rings. The lowest BCUT2D eigenvalue weighted by molar-refractivity contribution is -0.00994. The number of fused-ring (bicyclic) bond motifs is 1. The van der Waals surface area contributed by atoms with Crippen LogP contribution in [0.3, 0.4) is 0 Å². The second kappa shape index (κ2) is 8.72. The highest BCUT2D eigenvalue weighted by molar-refractivity contribution is 7.21. The van der Waals surface area contributed by atoms with Gasteiger partial charge < -0.3 is 15.7 Å². The van der Waals surface area contributed by atoms with Crippen LogP contribution in [0.5, 0.6) is 0 Å². The SMILES string of the molecule is Cc1nc(NCC2CC2)nc(NC2CCC(C3(O)CCCC3)C2)c1-c1nc2c(C)nccc2s1. The summed E-state index contributed by atoms with van der Waals surface area (Å²) in [7, 11) is 0. The number of hydrogen-bond acceptors (Lipinski definition) is 8. The van der Waals surface area contributed by atoms with Crippen molar-refractivity contribution >= 4 is 33.3 Å². The zero-order valence-corrected chi connectivity index (χ0v) is 20.9. The quantitative estimate of drug-likeness (QED) is 0.414. The van der Waals surface area contributed by atoms with Gasteiger partial charge in [0.15, 0.2) is 0 Å². The number of hydrogen-bond donors (Lipinski definition) is 3. The molecule has 0 amide bonds. The van der Waals surface area contributed by atoms with Crippen LogP contribution < -0.4 is 10.6 Å². The first-order valence-corrected chi connectivity index (χ1v) is 13.6. The van der Waals surface area contributed by atoms with Gasteiger partial charge in [0, 0.05) is 18.8 Å². The van der Waals surface area contributed by atoms with E-state index < -0.39 is 5.60 Å². The average Bonchev–Trinajstić information content (AvgIpc) is 3.16. The predicted molar refractivity (Wildman–Crippen MR) is 137 cm³/mol. The van der Waals surface area contributed by atoms with Crippen molar-refractivity contribution in [3.05, 3.63) is 23.7 Å². The largest absolute Gasteiger partial charge is 0.390 e. The van der Waals surface area contributed by atoms with Crippen LogP contribution in [0.15, 0.2) is 12.3 Å². The van der Waals surface area contributed by atoms with Crippen LogP contribution in [-0.2, 0) is 0 Å². The maximum Gasteiger partial charge on any atom is 0.224 e. The summed E-state index contributed by atoms with van der Waals surface area (Å²) in [6.07, 6.45) is 11.8. The Balaban J connectivity index is 1.32. The lowest BCUT2D eigenvalue weighted by atomic mass is 9.84. The highest BCUT2D eigenvalue weighted by Gasteiger charge is 2.43. The number of nitrogens with one attached hydrogen (secondary N) is 2. The molecule has 0 aromatic carbocycles. The van der Waals surface area contributed by atoms with Gasteiger partial charge in [-0.15, -0.1) is 11.3 Å². The Morgan fingerprint density at radius 1 is 1.06 bits per heavy atom. The van der Waals surface area contributed by atoms with Gasteiger partial charge in [0.05, 0.1) is 27.3 Å². The van der Waals surface area contributed by atoms with Crippen molar-refractivity contribution in [3.8, 4) is 10.6 Å². The highest BCUT2D eigenvalue weighted by atomic mass is 32.1. The molecule has 3 aromatic heterocycles. The van der Waals surface area contributed by atoms with E-state index in [-0.39, 0.29) is 0 Å². The van der Waals surface area contributed by atoms with Crippen LogP contribution in [0.25, 0.3) is 20.8 Å². The van der Waals surface area contributed by atoms with Gasteiger partial charge >= 0.3 is 0 Å². The lowest BCUT2D eigenvalue weighted by Crippen LogP contribution is -2.34. The Labute approximate surface area is 204 Å². The monoisotopic (exact) mass is 478 g/mol. The summed E-state index contributed by atoms with van der Waals surface area (Å²) in [6.45, 7) is 4.99. The van der Waals surface area contributed by atoms with Gasteiger partial charge in [0.2, 0.25) is 5.95 Å². The van der Waals surface area contributed by atoms with Gasteiger partial charge in [-0.25, -0.2) is 9.97 Å². The summed E-state index contributed by atoms with van der Waals surface area (Å²) in [6, 6.07) is 2.33. The molecule has 0 radical (unpaired) electrons. The summed E-state index contributed by atoms with van der Waals surface area (Å²) in [5.41, 5.74) is 3.35. The van der Waals surface area contributed by atoms with E-state index in [0.29, 0.717) is 17.9 Å². The smallest absolute Gasteiger partial charge is 0.224 e. The Kier molecular flexibility index (Phi) is 5.68. The zero-order chi connectivity index (χ0) is 23.3. The zero-order valence-electron chi connectivity index (χ0n) is 20.1. The van der Waals surface area contributed by atoms with Crippen LogP contribution in [0.2, 0.25) is 0 Å². The van der Waals surface area contributed by atoms with Crippen molar-refractivity contribution < 1.29 is 5.11 Å². The molecule has 2 atom stereocenters. The van der Waals surface area contributed by atoms with Crippen molar-refractivity contribution in [2.75, 3.05) is 17.2 Å². The number of aliphatic hydroxyl groups is 1. The number of aryl methyl sites for hydroxylation is 2. The minimum absolute atomic E-state index is 0.303. The van der Waals surface area contributed by atoms with Gasteiger partial charge in [0.25, 0.3) is 0 Å². The van der Waals surface area contributed by atoms with E-state index in [1.807, 2.05) is 19.2 Å². The molecule has 7 nitrogen and oxygen atoms in total. The normalized spacial score (nSPS) is 24.1. The third-order valence-corrected chi connectivity index (χ3v) is 9.08. The molecule has 3 aromatic rings. The molecule has 3 saturated carbocycles. The van der Waals surface area contributed by atoms with Crippen molar-refractivity contribution in [2.45, 2.75) is 83.3 Å². The summed E-state index contributed by atoms with van der Waals surface area (Å²) in [5, 5.41) is 19.3. The van der Waals surface area contributed by atoms with E-state index in [0.717, 1.165) is 95.4 Å².